The molecule has 100 valence electrons. The maximum atomic E-state index is 11.0. The number of rotatable bonds is 2. The first-order valence-corrected chi connectivity index (χ1v) is 6.90. The normalized spacial score (nSPS) is 10.9. The summed E-state index contributed by atoms with van der Waals surface area (Å²) in [4.78, 5) is 18.5. The summed E-state index contributed by atoms with van der Waals surface area (Å²) in [6.07, 6.45) is 0. The van der Waals surface area contributed by atoms with Crippen LogP contribution in [0.5, 0.6) is 0 Å². The molecular weight excluding hydrogens is 344 g/mol. The zero-order valence-corrected chi connectivity index (χ0v) is 12.4. The van der Waals surface area contributed by atoms with Crippen molar-refractivity contribution >= 4 is 44.5 Å². The lowest BCUT2D eigenvalue weighted by atomic mass is 10.2. The van der Waals surface area contributed by atoms with Crippen LogP contribution < -0.4 is 0 Å². The third-order valence-electron chi connectivity index (χ3n) is 2.92. The summed E-state index contributed by atoms with van der Waals surface area (Å²) in [5, 5.41) is 9.62. The number of imidazole rings is 1. The van der Waals surface area contributed by atoms with E-state index in [0.717, 1.165) is 10.0 Å². The molecule has 2 N–H and O–H groups in total. The van der Waals surface area contributed by atoms with Crippen LogP contribution in [0.3, 0.4) is 0 Å². The summed E-state index contributed by atoms with van der Waals surface area (Å²) < 4.78 is 0.822. The van der Waals surface area contributed by atoms with Crippen LogP contribution in [0.25, 0.3) is 22.4 Å². The van der Waals surface area contributed by atoms with Gasteiger partial charge >= 0.3 is 5.97 Å². The van der Waals surface area contributed by atoms with Crippen molar-refractivity contribution < 1.29 is 9.90 Å². The van der Waals surface area contributed by atoms with Crippen molar-refractivity contribution in [3.63, 3.8) is 0 Å². The lowest BCUT2D eigenvalue weighted by molar-refractivity contribution is 0.0697. The van der Waals surface area contributed by atoms with Gasteiger partial charge in [0.25, 0.3) is 0 Å². The lowest BCUT2D eigenvalue weighted by Gasteiger charge is -2.00. The monoisotopic (exact) mass is 350 g/mol. The number of carbonyl (C=O) groups is 1. The molecule has 0 aliphatic carbocycles. The standard InChI is InChI=1S/C14H8BrClN2O2/c15-10-6-8(16)2-3-9(10)13-17-11-4-1-7(14(19)20)5-12(11)18-13/h1-6H,(H,17,18)(H,19,20). The smallest absolute Gasteiger partial charge is 0.335 e. The highest BCUT2D eigenvalue weighted by Gasteiger charge is 2.11. The van der Waals surface area contributed by atoms with E-state index in [1.165, 1.54) is 6.07 Å². The Morgan fingerprint density at radius 2 is 2.05 bits per heavy atom. The minimum absolute atomic E-state index is 0.225. The number of H-pyrrole nitrogens is 1. The Hall–Kier alpha value is -1.85. The molecule has 0 radical (unpaired) electrons. The predicted octanol–water partition coefficient (Wildman–Crippen LogP) is 4.34. The minimum atomic E-state index is -0.962. The first-order chi connectivity index (χ1) is 9.54. The van der Waals surface area contributed by atoms with Crippen molar-refractivity contribution in [1.29, 1.82) is 0 Å². The number of aromatic carboxylic acids is 1. The van der Waals surface area contributed by atoms with Gasteiger partial charge in [0.2, 0.25) is 0 Å². The molecule has 0 aliphatic heterocycles. The van der Waals surface area contributed by atoms with Gasteiger partial charge in [0.15, 0.2) is 0 Å². The summed E-state index contributed by atoms with van der Waals surface area (Å²) >= 11 is 9.35. The van der Waals surface area contributed by atoms with E-state index in [1.54, 1.807) is 24.3 Å². The van der Waals surface area contributed by atoms with Gasteiger partial charge in [0.05, 0.1) is 16.6 Å². The molecule has 0 atom stereocenters. The number of nitrogens with zero attached hydrogens (tertiary/aromatic N) is 1. The van der Waals surface area contributed by atoms with Crippen LogP contribution in [-0.2, 0) is 0 Å². The largest absolute Gasteiger partial charge is 0.478 e. The van der Waals surface area contributed by atoms with Gasteiger partial charge in [-0.2, -0.15) is 0 Å². The van der Waals surface area contributed by atoms with Gasteiger partial charge < -0.3 is 10.1 Å². The molecule has 4 nitrogen and oxygen atoms in total. The minimum Gasteiger partial charge on any atom is -0.478 e. The Kier molecular flexibility index (Phi) is 3.23. The molecule has 0 unspecified atom stereocenters. The number of nitrogens with one attached hydrogen (secondary N) is 1. The van der Waals surface area contributed by atoms with E-state index in [1.807, 2.05) is 6.07 Å². The molecular formula is C14H8BrClN2O2. The number of halogens is 2. The highest BCUT2D eigenvalue weighted by Crippen LogP contribution is 2.30. The van der Waals surface area contributed by atoms with Crippen molar-refractivity contribution in [2.45, 2.75) is 0 Å². The number of aromatic amines is 1. The molecule has 2 aromatic carbocycles. The average molecular weight is 352 g/mol. The van der Waals surface area contributed by atoms with Crippen LogP contribution in [0, 0.1) is 0 Å². The molecule has 0 spiro atoms. The number of carboxylic acid groups (broad SMARTS) is 1. The Morgan fingerprint density at radius 3 is 2.75 bits per heavy atom. The van der Waals surface area contributed by atoms with Crippen molar-refractivity contribution in [3.05, 3.63) is 51.5 Å². The van der Waals surface area contributed by atoms with Crippen LogP contribution in [0.2, 0.25) is 5.02 Å². The third kappa shape index (κ3) is 2.30. The second-order valence-electron chi connectivity index (χ2n) is 4.25. The fraction of sp³-hybridized carbons (Fsp3) is 0. The number of carboxylic acids is 1. The van der Waals surface area contributed by atoms with Crippen LogP contribution in [0.1, 0.15) is 10.4 Å². The van der Waals surface area contributed by atoms with Crippen LogP contribution >= 0.6 is 27.5 Å². The molecule has 1 aromatic heterocycles. The van der Waals surface area contributed by atoms with Gasteiger partial charge in [-0.3, -0.25) is 0 Å². The van der Waals surface area contributed by atoms with E-state index >= 15 is 0 Å². The molecule has 6 heteroatoms. The van der Waals surface area contributed by atoms with E-state index in [2.05, 4.69) is 25.9 Å². The fourth-order valence-electron chi connectivity index (χ4n) is 1.95. The predicted molar refractivity (Wildman–Crippen MR) is 81.2 cm³/mol. The highest BCUT2D eigenvalue weighted by atomic mass is 79.9. The molecule has 0 fully saturated rings. The molecule has 3 aromatic rings. The average Bonchev–Trinajstić information content (AvgIpc) is 2.80. The van der Waals surface area contributed by atoms with Gasteiger partial charge in [0, 0.05) is 15.1 Å². The summed E-state index contributed by atoms with van der Waals surface area (Å²) in [6.45, 7) is 0. The van der Waals surface area contributed by atoms with E-state index in [-0.39, 0.29) is 5.56 Å². The second-order valence-corrected chi connectivity index (χ2v) is 5.54. The zero-order valence-electron chi connectivity index (χ0n) is 10.0. The number of fused-ring (bicyclic) bond motifs is 1. The molecule has 0 amide bonds. The topological polar surface area (TPSA) is 66.0 Å². The Bertz CT molecular complexity index is 829. The molecule has 0 bridgehead atoms. The van der Waals surface area contributed by atoms with Crippen molar-refractivity contribution in [3.8, 4) is 11.4 Å². The Morgan fingerprint density at radius 1 is 1.25 bits per heavy atom. The molecule has 3 rings (SSSR count). The number of hydrogen-bond acceptors (Lipinski definition) is 2. The molecule has 0 saturated carbocycles. The first-order valence-electron chi connectivity index (χ1n) is 5.73. The lowest BCUT2D eigenvalue weighted by Crippen LogP contribution is -1.94. The Balaban J connectivity index is 2.15. The van der Waals surface area contributed by atoms with Crippen LogP contribution in [0.4, 0.5) is 0 Å². The fourth-order valence-corrected chi connectivity index (χ4v) is 2.82. The summed E-state index contributed by atoms with van der Waals surface area (Å²) in [6, 6.07) is 10.2. The molecule has 0 aliphatic rings. The van der Waals surface area contributed by atoms with E-state index < -0.39 is 5.97 Å². The number of hydrogen-bond donors (Lipinski definition) is 2. The van der Waals surface area contributed by atoms with Gasteiger partial charge in [-0.25, -0.2) is 9.78 Å². The second kappa shape index (κ2) is 4.92. The summed E-state index contributed by atoms with van der Waals surface area (Å²) in [5.41, 5.74) is 2.49. The highest BCUT2D eigenvalue weighted by molar-refractivity contribution is 9.10. The molecule has 20 heavy (non-hydrogen) atoms. The third-order valence-corrected chi connectivity index (χ3v) is 3.81. The molecule has 1 heterocycles. The van der Waals surface area contributed by atoms with Gasteiger partial charge in [-0.05, 0) is 52.3 Å². The molecule has 0 saturated heterocycles. The zero-order chi connectivity index (χ0) is 14.3. The number of aromatic nitrogens is 2. The van der Waals surface area contributed by atoms with E-state index in [9.17, 15) is 4.79 Å². The van der Waals surface area contributed by atoms with E-state index in [4.69, 9.17) is 16.7 Å². The SMILES string of the molecule is O=C(O)c1ccc2nc(-c3ccc(Cl)cc3Br)[nH]c2c1. The van der Waals surface area contributed by atoms with Crippen LogP contribution in [-0.4, -0.2) is 21.0 Å². The van der Waals surface area contributed by atoms with Gasteiger partial charge in [0.1, 0.15) is 5.82 Å². The quantitative estimate of drug-likeness (QED) is 0.721. The van der Waals surface area contributed by atoms with Crippen molar-refractivity contribution in [2.75, 3.05) is 0 Å². The first kappa shape index (κ1) is 13.1. The summed E-state index contributed by atoms with van der Waals surface area (Å²) in [7, 11) is 0. The van der Waals surface area contributed by atoms with Gasteiger partial charge in [-0.1, -0.05) is 11.6 Å². The maximum Gasteiger partial charge on any atom is 0.335 e. The maximum absolute atomic E-state index is 11.0. The van der Waals surface area contributed by atoms with E-state index in [0.29, 0.717) is 21.9 Å². The van der Waals surface area contributed by atoms with Crippen LogP contribution in [0.15, 0.2) is 40.9 Å². The summed E-state index contributed by atoms with van der Waals surface area (Å²) in [5.74, 6) is -0.304. The number of benzene rings is 2. The van der Waals surface area contributed by atoms with Crippen molar-refractivity contribution in [1.82, 2.24) is 9.97 Å². The van der Waals surface area contributed by atoms with Gasteiger partial charge in [-0.15, -0.1) is 0 Å². The Labute approximate surface area is 127 Å². The van der Waals surface area contributed by atoms with Crippen molar-refractivity contribution in [2.24, 2.45) is 0 Å².